The lowest BCUT2D eigenvalue weighted by Crippen LogP contribution is -2.48. The largest absolute Gasteiger partial charge is 0.417 e. The molecule has 1 N–H and O–H groups in total. The molecule has 0 radical (unpaired) electrons. The predicted octanol–water partition coefficient (Wildman–Crippen LogP) is 2.23. The zero-order valence-corrected chi connectivity index (χ0v) is 9.17. The molecule has 0 spiro atoms. The van der Waals surface area contributed by atoms with Gasteiger partial charge >= 0.3 is 6.18 Å². The van der Waals surface area contributed by atoms with E-state index in [0.29, 0.717) is 13.0 Å². The minimum atomic E-state index is -4.54. The van der Waals surface area contributed by atoms with Gasteiger partial charge in [-0.3, -0.25) is 0 Å². The average molecular weight is 242 g/mol. The van der Waals surface area contributed by atoms with E-state index >= 15 is 0 Å². The van der Waals surface area contributed by atoms with Crippen LogP contribution in [0, 0.1) is 0 Å². The lowest BCUT2D eigenvalue weighted by molar-refractivity contribution is -0.311. The van der Waals surface area contributed by atoms with Crippen LogP contribution in [0.4, 0.5) is 13.2 Å². The van der Waals surface area contributed by atoms with Crippen molar-refractivity contribution in [1.29, 1.82) is 0 Å². The van der Waals surface area contributed by atoms with Crippen LogP contribution in [-0.2, 0) is 9.47 Å². The summed E-state index contributed by atoms with van der Waals surface area (Å²) in [6.07, 6.45) is -6.91. The summed E-state index contributed by atoms with van der Waals surface area (Å²) in [5.41, 5.74) is 0. The van der Waals surface area contributed by atoms with Crippen LogP contribution in [-0.4, -0.2) is 36.4 Å². The summed E-state index contributed by atoms with van der Waals surface area (Å²) in [4.78, 5) is 0. The van der Waals surface area contributed by atoms with Gasteiger partial charge in [-0.2, -0.15) is 13.2 Å². The second kappa shape index (κ2) is 5.84. The highest BCUT2D eigenvalue weighted by atomic mass is 19.4. The van der Waals surface area contributed by atoms with Gasteiger partial charge < -0.3 is 14.6 Å². The van der Waals surface area contributed by atoms with Gasteiger partial charge in [-0.05, 0) is 12.8 Å². The van der Waals surface area contributed by atoms with Crippen LogP contribution in [0.2, 0.25) is 0 Å². The molecule has 1 aliphatic heterocycles. The summed E-state index contributed by atoms with van der Waals surface area (Å²) in [5.74, 6) is 0. The molecular formula is C10H17F3O3. The molecule has 0 amide bonds. The second-order valence-electron chi connectivity index (χ2n) is 3.90. The molecule has 6 heteroatoms. The quantitative estimate of drug-likeness (QED) is 0.768. The Bertz CT molecular complexity index is 208. The van der Waals surface area contributed by atoms with Gasteiger partial charge in [-0.25, -0.2) is 0 Å². The zero-order valence-electron chi connectivity index (χ0n) is 9.17. The van der Waals surface area contributed by atoms with Crippen molar-refractivity contribution in [3.63, 3.8) is 0 Å². The standard InChI is InChI=1S/C10H17F3O3/c1-2-3-6-15-8-5-4-7(14)9(16-8)10(11,12)13/h7-9,14H,2-6H2,1H3/t7-,8+,9-/m0/s1. The van der Waals surface area contributed by atoms with E-state index in [2.05, 4.69) is 0 Å². The predicted molar refractivity (Wildman–Crippen MR) is 50.8 cm³/mol. The third-order valence-electron chi connectivity index (χ3n) is 2.47. The third-order valence-corrected chi connectivity index (χ3v) is 2.47. The van der Waals surface area contributed by atoms with E-state index in [9.17, 15) is 18.3 Å². The summed E-state index contributed by atoms with van der Waals surface area (Å²) in [7, 11) is 0. The third kappa shape index (κ3) is 3.92. The first kappa shape index (κ1) is 13.7. The smallest absolute Gasteiger partial charge is 0.390 e. The van der Waals surface area contributed by atoms with Crippen molar-refractivity contribution in [1.82, 2.24) is 0 Å². The monoisotopic (exact) mass is 242 g/mol. The maximum atomic E-state index is 12.4. The normalized spacial score (nSPS) is 31.7. The Hall–Kier alpha value is -0.330. The van der Waals surface area contributed by atoms with Gasteiger partial charge in [0.05, 0.1) is 6.10 Å². The van der Waals surface area contributed by atoms with Gasteiger partial charge in [-0.15, -0.1) is 0 Å². The van der Waals surface area contributed by atoms with Crippen molar-refractivity contribution >= 4 is 0 Å². The molecule has 0 aromatic carbocycles. The Morgan fingerprint density at radius 1 is 1.38 bits per heavy atom. The van der Waals surface area contributed by atoms with Crippen molar-refractivity contribution in [2.45, 2.75) is 57.3 Å². The number of ether oxygens (including phenoxy) is 2. The van der Waals surface area contributed by atoms with E-state index in [1.54, 1.807) is 0 Å². The van der Waals surface area contributed by atoms with Gasteiger partial charge in [0.25, 0.3) is 0 Å². The van der Waals surface area contributed by atoms with E-state index in [0.717, 1.165) is 12.8 Å². The molecule has 0 aromatic heterocycles. The highest BCUT2D eigenvalue weighted by Crippen LogP contribution is 2.32. The van der Waals surface area contributed by atoms with Crippen molar-refractivity contribution in [2.24, 2.45) is 0 Å². The van der Waals surface area contributed by atoms with Crippen LogP contribution in [0.1, 0.15) is 32.6 Å². The average Bonchev–Trinajstić information content (AvgIpc) is 2.19. The SMILES string of the molecule is CCCCO[C@H]1CC[C@H](O)[C@@H](C(F)(F)F)O1. The Kier molecular flexibility index (Phi) is 5.01. The van der Waals surface area contributed by atoms with Crippen LogP contribution < -0.4 is 0 Å². The first-order chi connectivity index (χ1) is 7.45. The summed E-state index contributed by atoms with van der Waals surface area (Å²) in [5, 5.41) is 9.19. The fourth-order valence-corrected chi connectivity index (χ4v) is 1.56. The van der Waals surface area contributed by atoms with E-state index in [1.165, 1.54) is 0 Å². The summed E-state index contributed by atoms with van der Waals surface area (Å²) in [6.45, 7) is 2.36. The van der Waals surface area contributed by atoms with Gasteiger partial charge in [-0.1, -0.05) is 13.3 Å². The number of aliphatic hydroxyl groups is 1. The summed E-state index contributed by atoms with van der Waals surface area (Å²) < 4.78 is 47.1. The van der Waals surface area contributed by atoms with E-state index in [4.69, 9.17) is 9.47 Å². The fourth-order valence-electron chi connectivity index (χ4n) is 1.56. The molecule has 1 saturated heterocycles. The van der Waals surface area contributed by atoms with Gasteiger partial charge in [0.1, 0.15) is 0 Å². The van der Waals surface area contributed by atoms with Crippen molar-refractivity contribution in [3.8, 4) is 0 Å². The van der Waals surface area contributed by atoms with Crippen molar-refractivity contribution in [3.05, 3.63) is 0 Å². The van der Waals surface area contributed by atoms with Crippen molar-refractivity contribution < 1.29 is 27.8 Å². The maximum Gasteiger partial charge on any atom is 0.417 e. The van der Waals surface area contributed by atoms with Gasteiger partial charge in [0, 0.05) is 13.0 Å². The van der Waals surface area contributed by atoms with E-state index in [1.807, 2.05) is 6.92 Å². The number of hydrogen-bond donors (Lipinski definition) is 1. The number of alkyl halides is 3. The number of unbranched alkanes of at least 4 members (excludes halogenated alkanes) is 1. The minimum Gasteiger partial charge on any atom is -0.390 e. The molecule has 1 rings (SSSR count). The molecule has 0 saturated carbocycles. The molecule has 3 atom stereocenters. The summed E-state index contributed by atoms with van der Waals surface area (Å²) >= 11 is 0. The van der Waals surface area contributed by atoms with Crippen molar-refractivity contribution in [2.75, 3.05) is 6.61 Å². The Morgan fingerprint density at radius 3 is 2.62 bits per heavy atom. The molecule has 0 unspecified atom stereocenters. The lowest BCUT2D eigenvalue weighted by atomic mass is 10.0. The number of aliphatic hydroxyl groups excluding tert-OH is 1. The van der Waals surface area contributed by atoms with Crippen LogP contribution in [0.25, 0.3) is 0 Å². The Labute approximate surface area is 92.5 Å². The minimum absolute atomic E-state index is 0.0565. The summed E-state index contributed by atoms with van der Waals surface area (Å²) in [6, 6.07) is 0. The molecule has 0 aliphatic carbocycles. The van der Waals surface area contributed by atoms with E-state index < -0.39 is 24.7 Å². The highest BCUT2D eigenvalue weighted by Gasteiger charge is 2.48. The van der Waals surface area contributed by atoms with Crippen LogP contribution in [0.15, 0.2) is 0 Å². The Balaban J connectivity index is 2.41. The maximum absolute atomic E-state index is 12.4. The first-order valence-electron chi connectivity index (χ1n) is 5.47. The molecule has 1 heterocycles. The zero-order chi connectivity index (χ0) is 12.2. The second-order valence-corrected chi connectivity index (χ2v) is 3.90. The lowest BCUT2D eigenvalue weighted by Gasteiger charge is -2.34. The highest BCUT2D eigenvalue weighted by molar-refractivity contribution is 4.81. The molecule has 0 aromatic rings. The number of rotatable bonds is 4. The molecule has 1 aliphatic rings. The van der Waals surface area contributed by atoms with Crippen LogP contribution >= 0.6 is 0 Å². The van der Waals surface area contributed by atoms with Crippen LogP contribution in [0.3, 0.4) is 0 Å². The van der Waals surface area contributed by atoms with Gasteiger partial charge in [0.2, 0.25) is 0 Å². The first-order valence-corrected chi connectivity index (χ1v) is 5.47. The molecule has 16 heavy (non-hydrogen) atoms. The fraction of sp³-hybridized carbons (Fsp3) is 1.00. The molecule has 0 bridgehead atoms. The molecule has 96 valence electrons. The number of hydrogen-bond acceptors (Lipinski definition) is 3. The molecule has 3 nitrogen and oxygen atoms in total. The van der Waals surface area contributed by atoms with E-state index in [-0.39, 0.29) is 6.42 Å². The van der Waals surface area contributed by atoms with Gasteiger partial charge in [0.15, 0.2) is 12.4 Å². The topological polar surface area (TPSA) is 38.7 Å². The Morgan fingerprint density at radius 2 is 2.06 bits per heavy atom. The van der Waals surface area contributed by atoms with Crippen LogP contribution in [0.5, 0.6) is 0 Å². The number of halogens is 3. The molecular weight excluding hydrogens is 225 g/mol. The molecule has 1 fully saturated rings.